The van der Waals surface area contributed by atoms with Crippen LogP contribution in [0.1, 0.15) is 23.7 Å². The molecule has 0 unspecified atom stereocenters. The van der Waals surface area contributed by atoms with Gasteiger partial charge in [0.25, 0.3) is 5.91 Å². The zero-order chi connectivity index (χ0) is 21.9. The van der Waals surface area contributed by atoms with Crippen molar-refractivity contribution in [3.8, 4) is 0 Å². The number of benzene rings is 2. The Kier molecular flexibility index (Phi) is 8.85. The average molecular weight is 502 g/mol. The van der Waals surface area contributed by atoms with E-state index in [1.807, 2.05) is 26.2 Å². The van der Waals surface area contributed by atoms with Crippen LogP contribution in [0.4, 0.5) is 5.13 Å². The molecule has 1 aromatic heterocycles. The molecule has 0 aliphatic heterocycles. The molecule has 3 aromatic rings. The first kappa shape index (κ1) is 25.5. The molecule has 1 heterocycles. The van der Waals surface area contributed by atoms with Crippen LogP contribution in [0.3, 0.4) is 0 Å². The van der Waals surface area contributed by atoms with Crippen LogP contribution in [0.5, 0.6) is 0 Å². The fourth-order valence-corrected chi connectivity index (χ4v) is 5.11. The summed E-state index contributed by atoms with van der Waals surface area (Å²) in [7, 11) is 0.658. The molecule has 0 atom stereocenters. The minimum atomic E-state index is -3.31. The lowest BCUT2D eigenvalue weighted by Crippen LogP contribution is -2.33. The molecule has 0 radical (unpaired) electrons. The molecule has 0 bridgehead atoms. The largest absolute Gasteiger partial charge is 0.309 e. The summed E-state index contributed by atoms with van der Waals surface area (Å²) in [6.45, 7) is 2.92. The van der Waals surface area contributed by atoms with Gasteiger partial charge in [0.05, 0.1) is 20.9 Å². The van der Waals surface area contributed by atoms with E-state index >= 15 is 0 Å². The lowest BCUT2D eigenvalue weighted by atomic mass is 10.2. The lowest BCUT2D eigenvalue weighted by Gasteiger charge is -2.21. The molecule has 0 saturated heterocycles. The lowest BCUT2D eigenvalue weighted by molar-refractivity contribution is 0.0986. The summed E-state index contributed by atoms with van der Waals surface area (Å²) in [5, 5.41) is 1.22. The number of halogens is 2. The molecule has 10 heteroatoms. The molecule has 0 fully saturated rings. The van der Waals surface area contributed by atoms with Crippen molar-refractivity contribution in [3.63, 3.8) is 0 Å². The second-order valence-electron chi connectivity index (χ2n) is 7.15. The number of amides is 1. The third kappa shape index (κ3) is 6.17. The number of anilines is 1. The SMILES string of the molecule is CCS(=O)(=O)c1ccc(C(=O)N(CCCN(C)C)c2nc3ccc(Cl)cc3s2)cc1.Cl. The van der Waals surface area contributed by atoms with Gasteiger partial charge in [-0.25, -0.2) is 13.4 Å². The Balaban J connectivity index is 0.00000341. The van der Waals surface area contributed by atoms with E-state index in [0.29, 0.717) is 22.3 Å². The van der Waals surface area contributed by atoms with Crippen LogP contribution < -0.4 is 4.90 Å². The van der Waals surface area contributed by atoms with Gasteiger partial charge in [0.15, 0.2) is 15.0 Å². The number of hydrogen-bond acceptors (Lipinski definition) is 6. The molecule has 0 spiro atoms. The third-order valence-electron chi connectivity index (χ3n) is 4.64. The first-order chi connectivity index (χ1) is 14.2. The van der Waals surface area contributed by atoms with E-state index < -0.39 is 9.84 Å². The van der Waals surface area contributed by atoms with Crippen molar-refractivity contribution in [1.29, 1.82) is 0 Å². The standard InChI is InChI=1S/C21H24ClN3O3S2.ClH/c1-4-30(27,28)17-9-6-15(7-10-17)20(26)25(13-5-12-24(2)3)21-23-18-11-8-16(22)14-19(18)29-21;/h6-11,14H,4-5,12-13H2,1-3H3;1H. The maximum Gasteiger partial charge on any atom is 0.260 e. The third-order valence-corrected chi connectivity index (χ3v) is 7.67. The maximum atomic E-state index is 13.3. The van der Waals surface area contributed by atoms with E-state index in [1.165, 1.54) is 23.5 Å². The molecular formula is C21H25Cl2N3O3S2. The van der Waals surface area contributed by atoms with E-state index in [0.717, 1.165) is 23.2 Å². The molecular weight excluding hydrogens is 477 g/mol. The quantitative estimate of drug-likeness (QED) is 0.444. The van der Waals surface area contributed by atoms with Gasteiger partial charge >= 0.3 is 0 Å². The highest BCUT2D eigenvalue weighted by Crippen LogP contribution is 2.31. The summed E-state index contributed by atoms with van der Waals surface area (Å²) >= 11 is 7.50. The van der Waals surface area contributed by atoms with E-state index in [-0.39, 0.29) is 29.0 Å². The number of nitrogens with zero attached hydrogens (tertiary/aromatic N) is 3. The summed E-state index contributed by atoms with van der Waals surface area (Å²) in [5.41, 5.74) is 1.21. The highest BCUT2D eigenvalue weighted by molar-refractivity contribution is 7.91. The number of sulfone groups is 1. The van der Waals surface area contributed by atoms with E-state index in [1.54, 1.807) is 30.0 Å². The molecule has 0 N–H and O–H groups in total. The fraction of sp³-hybridized carbons (Fsp3) is 0.333. The van der Waals surface area contributed by atoms with Gasteiger partial charge in [-0.3, -0.25) is 9.69 Å². The van der Waals surface area contributed by atoms with Crippen molar-refractivity contribution in [3.05, 3.63) is 53.1 Å². The smallest absolute Gasteiger partial charge is 0.260 e. The molecule has 2 aromatic carbocycles. The summed E-state index contributed by atoms with van der Waals surface area (Å²) < 4.78 is 25.0. The molecule has 31 heavy (non-hydrogen) atoms. The number of carbonyl (C=O) groups is 1. The minimum Gasteiger partial charge on any atom is -0.309 e. The number of thiazole rings is 1. The topological polar surface area (TPSA) is 70.6 Å². The van der Waals surface area contributed by atoms with Crippen molar-refractivity contribution in [2.45, 2.75) is 18.2 Å². The molecule has 1 amide bonds. The van der Waals surface area contributed by atoms with Crippen molar-refractivity contribution >= 4 is 66.4 Å². The Hall–Kier alpha value is -1.71. The Morgan fingerprint density at radius 3 is 2.39 bits per heavy atom. The molecule has 0 aliphatic rings. The van der Waals surface area contributed by atoms with Crippen LogP contribution in [0.25, 0.3) is 10.2 Å². The summed E-state index contributed by atoms with van der Waals surface area (Å²) in [5.74, 6) is -0.190. The van der Waals surface area contributed by atoms with Gasteiger partial charge in [-0.1, -0.05) is 29.9 Å². The number of fused-ring (bicyclic) bond motifs is 1. The van der Waals surface area contributed by atoms with Gasteiger partial charge in [0.1, 0.15) is 0 Å². The molecule has 168 valence electrons. The zero-order valence-corrected chi connectivity index (χ0v) is 20.7. The van der Waals surface area contributed by atoms with Gasteiger partial charge in [-0.2, -0.15) is 0 Å². The predicted octanol–water partition coefficient (Wildman–Crippen LogP) is 4.76. The van der Waals surface area contributed by atoms with Crippen molar-refractivity contribution in [1.82, 2.24) is 9.88 Å². The highest BCUT2D eigenvalue weighted by atomic mass is 35.5. The summed E-state index contributed by atoms with van der Waals surface area (Å²) in [4.78, 5) is 21.9. The van der Waals surface area contributed by atoms with Crippen molar-refractivity contribution in [2.75, 3.05) is 37.8 Å². The van der Waals surface area contributed by atoms with Gasteiger partial charge < -0.3 is 4.90 Å². The monoisotopic (exact) mass is 501 g/mol. The van der Waals surface area contributed by atoms with E-state index in [4.69, 9.17) is 11.6 Å². The van der Waals surface area contributed by atoms with Crippen LogP contribution in [0, 0.1) is 0 Å². The Bertz CT molecular complexity index is 1150. The second kappa shape index (κ2) is 10.7. The first-order valence-corrected chi connectivity index (χ1v) is 12.4. The number of carbonyl (C=O) groups excluding carboxylic acids is 1. The normalized spacial score (nSPS) is 11.5. The number of rotatable bonds is 8. The Morgan fingerprint density at radius 2 is 1.77 bits per heavy atom. The Morgan fingerprint density at radius 1 is 1.10 bits per heavy atom. The molecule has 0 saturated carbocycles. The minimum absolute atomic E-state index is 0. The second-order valence-corrected chi connectivity index (χ2v) is 10.9. The van der Waals surface area contributed by atoms with E-state index in [2.05, 4.69) is 9.88 Å². The Labute approximate surface area is 198 Å². The fourth-order valence-electron chi connectivity index (χ4n) is 2.96. The van der Waals surface area contributed by atoms with E-state index in [9.17, 15) is 13.2 Å². The molecule has 6 nitrogen and oxygen atoms in total. The summed E-state index contributed by atoms with van der Waals surface area (Å²) in [6, 6.07) is 11.6. The first-order valence-electron chi connectivity index (χ1n) is 9.57. The van der Waals surface area contributed by atoms with Gasteiger partial charge in [-0.05, 0) is 69.5 Å². The maximum absolute atomic E-state index is 13.3. The van der Waals surface area contributed by atoms with Gasteiger partial charge in [-0.15, -0.1) is 12.4 Å². The summed E-state index contributed by atoms with van der Waals surface area (Å²) in [6.07, 6.45) is 0.776. The van der Waals surface area contributed by atoms with Gasteiger partial charge in [0, 0.05) is 17.1 Å². The highest BCUT2D eigenvalue weighted by Gasteiger charge is 2.22. The van der Waals surface area contributed by atoms with Crippen molar-refractivity contribution in [2.24, 2.45) is 0 Å². The van der Waals surface area contributed by atoms with Crippen LogP contribution in [-0.4, -0.2) is 57.1 Å². The van der Waals surface area contributed by atoms with Crippen LogP contribution >= 0.6 is 35.3 Å². The van der Waals surface area contributed by atoms with Crippen LogP contribution in [0.2, 0.25) is 5.02 Å². The molecule has 3 rings (SSSR count). The number of aromatic nitrogens is 1. The van der Waals surface area contributed by atoms with Crippen molar-refractivity contribution < 1.29 is 13.2 Å². The van der Waals surface area contributed by atoms with Crippen LogP contribution in [-0.2, 0) is 9.84 Å². The average Bonchev–Trinajstić information content (AvgIpc) is 3.13. The number of hydrogen-bond donors (Lipinski definition) is 0. The zero-order valence-electron chi connectivity index (χ0n) is 17.5. The predicted molar refractivity (Wildman–Crippen MR) is 131 cm³/mol. The molecule has 0 aliphatic carbocycles. The van der Waals surface area contributed by atoms with Crippen LogP contribution in [0.15, 0.2) is 47.4 Å². The van der Waals surface area contributed by atoms with Gasteiger partial charge in [0.2, 0.25) is 0 Å².